The number of ether oxygens (including phenoxy) is 2. The van der Waals surface area contributed by atoms with Gasteiger partial charge in [0.05, 0.1) is 11.6 Å². The maximum absolute atomic E-state index is 12.4. The van der Waals surface area contributed by atoms with E-state index in [9.17, 15) is 4.79 Å². The van der Waals surface area contributed by atoms with Gasteiger partial charge >= 0.3 is 0 Å². The Morgan fingerprint density at radius 2 is 2.00 bits per heavy atom. The molecule has 23 heavy (non-hydrogen) atoms. The molecule has 0 saturated carbocycles. The second-order valence-corrected chi connectivity index (χ2v) is 5.91. The van der Waals surface area contributed by atoms with E-state index in [2.05, 4.69) is 5.10 Å². The van der Waals surface area contributed by atoms with Crippen molar-refractivity contribution in [2.24, 2.45) is 5.10 Å². The molecular formula is C16H11N3O3S. The molecule has 0 spiro atoms. The van der Waals surface area contributed by atoms with Crippen LogP contribution in [0.15, 0.2) is 52.4 Å². The minimum Gasteiger partial charge on any atom is -0.454 e. The molecule has 0 unspecified atom stereocenters. The van der Waals surface area contributed by atoms with Crippen LogP contribution in [0.5, 0.6) is 11.5 Å². The number of hydrogen-bond donors (Lipinski definition) is 1. The maximum Gasteiger partial charge on any atom is 0.282 e. The third-order valence-electron chi connectivity index (χ3n) is 3.43. The van der Waals surface area contributed by atoms with E-state index in [-0.39, 0.29) is 17.2 Å². The van der Waals surface area contributed by atoms with Crippen LogP contribution in [0.1, 0.15) is 5.56 Å². The van der Waals surface area contributed by atoms with Crippen LogP contribution in [0, 0.1) is 5.41 Å². The summed E-state index contributed by atoms with van der Waals surface area (Å²) in [5, 5.41) is 12.7. The van der Waals surface area contributed by atoms with Crippen LogP contribution >= 0.6 is 11.3 Å². The Hall–Kier alpha value is -2.93. The summed E-state index contributed by atoms with van der Waals surface area (Å²) in [4.78, 5) is 12.5. The van der Waals surface area contributed by atoms with Gasteiger partial charge in [-0.1, -0.05) is 23.5 Å². The average molecular weight is 325 g/mol. The highest BCUT2D eigenvalue weighted by atomic mass is 32.1. The first-order valence-electron chi connectivity index (χ1n) is 6.86. The second kappa shape index (κ2) is 5.36. The standard InChI is InChI=1S/C16H11N3O3S/c17-16-19(15(20)11-3-1-2-4-14(11)23-16)18-8-10-5-6-12-13(7-10)22-9-21-12/h1-8,17H,9H2/b17-16?,18-8+. The summed E-state index contributed by atoms with van der Waals surface area (Å²) in [5.74, 6) is 1.34. The molecule has 4 rings (SSSR count). The van der Waals surface area contributed by atoms with Crippen molar-refractivity contribution in [3.8, 4) is 11.5 Å². The Balaban J connectivity index is 1.78. The topological polar surface area (TPSA) is 76.7 Å². The van der Waals surface area contributed by atoms with Gasteiger partial charge in [0.2, 0.25) is 11.6 Å². The first kappa shape index (κ1) is 13.7. The molecule has 0 aliphatic carbocycles. The molecule has 114 valence electrons. The van der Waals surface area contributed by atoms with E-state index >= 15 is 0 Å². The van der Waals surface area contributed by atoms with E-state index in [4.69, 9.17) is 14.9 Å². The van der Waals surface area contributed by atoms with Crippen molar-refractivity contribution in [2.45, 2.75) is 0 Å². The van der Waals surface area contributed by atoms with Gasteiger partial charge in [-0.05, 0) is 35.9 Å². The van der Waals surface area contributed by atoms with Crippen molar-refractivity contribution in [3.05, 3.63) is 63.2 Å². The van der Waals surface area contributed by atoms with E-state index < -0.39 is 0 Å². The lowest BCUT2D eigenvalue weighted by Gasteiger charge is -2.01. The zero-order valence-electron chi connectivity index (χ0n) is 11.9. The van der Waals surface area contributed by atoms with Gasteiger partial charge in [-0.25, -0.2) is 0 Å². The molecule has 2 aromatic carbocycles. The highest BCUT2D eigenvalue weighted by Crippen LogP contribution is 2.31. The van der Waals surface area contributed by atoms with Crippen LogP contribution in [0.25, 0.3) is 10.1 Å². The van der Waals surface area contributed by atoms with Gasteiger partial charge in [-0.15, -0.1) is 0 Å². The van der Waals surface area contributed by atoms with E-state index in [0.29, 0.717) is 16.9 Å². The summed E-state index contributed by atoms with van der Waals surface area (Å²) in [7, 11) is 0. The normalized spacial score (nSPS) is 13.0. The molecule has 0 bridgehead atoms. The molecule has 1 aliphatic rings. The smallest absolute Gasteiger partial charge is 0.282 e. The zero-order valence-corrected chi connectivity index (χ0v) is 12.7. The molecule has 7 heteroatoms. The lowest BCUT2D eigenvalue weighted by molar-refractivity contribution is 0.174. The average Bonchev–Trinajstić information content (AvgIpc) is 3.02. The molecule has 1 aromatic heterocycles. The number of rotatable bonds is 2. The molecule has 0 fully saturated rings. The predicted octanol–water partition coefficient (Wildman–Crippen LogP) is 2.15. The third kappa shape index (κ3) is 2.40. The van der Waals surface area contributed by atoms with Crippen LogP contribution in [0.4, 0.5) is 0 Å². The van der Waals surface area contributed by atoms with Crippen LogP contribution < -0.4 is 19.8 Å². The van der Waals surface area contributed by atoms with Gasteiger partial charge in [0.15, 0.2) is 11.5 Å². The fourth-order valence-corrected chi connectivity index (χ4v) is 3.15. The number of nitrogens with one attached hydrogen (secondary N) is 1. The number of benzene rings is 2. The van der Waals surface area contributed by atoms with Crippen molar-refractivity contribution in [1.29, 1.82) is 5.41 Å². The molecule has 0 radical (unpaired) electrons. The molecule has 1 N–H and O–H groups in total. The van der Waals surface area contributed by atoms with Crippen molar-refractivity contribution in [1.82, 2.24) is 4.68 Å². The predicted molar refractivity (Wildman–Crippen MR) is 87.5 cm³/mol. The molecule has 0 atom stereocenters. The zero-order chi connectivity index (χ0) is 15.8. The number of hydrogen-bond acceptors (Lipinski definition) is 6. The monoisotopic (exact) mass is 325 g/mol. The molecule has 2 heterocycles. The fourth-order valence-electron chi connectivity index (χ4n) is 2.31. The second-order valence-electron chi connectivity index (χ2n) is 4.88. The molecular weight excluding hydrogens is 314 g/mol. The Labute approximate surface area is 134 Å². The third-order valence-corrected chi connectivity index (χ3v) is 4.37. The van der Waals surface area contributed by atoms with Crippen molar-refractivity contribution in [3.63, 3.8) is 0 Å². The number of aromatic nitrogens is 1. The summed E-state index contributed by atoms with van der Waals surface area (Å²) in [5.41, 5.74) is 0.458. The van der Waals surface area contributed by atoms with Crippen LogP contribution in [-0.4, -0.2) is 17.7 Å². The highest BCUT2D eigenvalue weighted by molar-refractivity contribution is 7.15. The van der Waals surface area contributed by atoms with Crippen molar-refractivity contribution in [2.75, 3.05) is 6.79 Å². The van der Waals surface area contributed by atoms with Gasteiger partial charge in [0.25, 0.3) is 5.56 Å². The van der Waals surface area contributed by atoms with Crippen LogP contribution in [-0.2, 0) is 0 Å². The molecule has 1 aliphatic heterocycles. The summed E-state index contributed by atoms with van der Waals surface area (Å²) >= 11 is 1.21. The Morgan fingerprint density at radius 1 is 1.17 bits per heavy atom. The van der Waals surface area contributed by atoms with Gasteiger partial charge in [-0.2, -0.15) is 9.78 Å². The van der Waals surface area contributed by atoms with E-state index in [1.165, 1.54) is 17.6 Å². The van der Waals surface area contributed by atoms with E-state index in [1.807, 2.05) is 18.2 Å². The largest absolute Gasteiger partial charge is 0.454 e. The minimum absolute atomic E-state index is 0.0747. The number of fused-ring (bicyclic) bond motifs is 2. The maximum atomic E-state index is 12.4. The van der Waals surface area contributed by atoms with Gasteiger partial charge in [-0.3, -0.25) is 10.2 Å². The summed E-state index contributed by atoms with van der Waals surface area (Å²) < 4.78 is 12.4. The fraction of sp³-hybridized carbons (Fsp3) is 0.0625. The van der Waals surface area contributed by atoms with Crippen LogP contribution in [0.3, 0.4) is 0 Å². The summed E-state index contributed by atoms with van der Waals surface area (Å²) in [6.45, 7) is 0.207. The number of nitrogens with zero attached hydrogens (tertiary/aromatic N) is 2. The van der Waals surface area contributed by atoms with Crippen LogP contribution in [0.2, 0.25) is 0 Å². The summed E-state index contributed by atoms with van der Waals surface area (Å²) in [6, 6.07) is 12.6. The van der Waals surface area contributed by atoms with Crippen molar-refractivity contribution < 1.29 is 9.47 Å². The summed E-state index contributed by atoms with van der Waals surface area (Å²) in [6.07, 6.45) is 1.53. The SMILES string of the molecule is N=c1sc2ccccc2c(=O)n1/N=C/c1ccc2c(c1)OCO2. The van der Waals surface area contributed by atoms with E-state index in [0.717, 1.165) is 14.9 Å². The lowest BCUT2D eigenvalue weighted by atomic mass is 10.2. The van der Waals surface area contributed by atoms with Gasteiger partial charge < -0.3 is 9.47 Å². The van der Waals surface area contributed by atoms with Gasteiger partial charge in [0, 0.05) is 4.70 Å². The van der Waals surface area contributed by atoms with Gasteiger partial charge in [0.1, 0.15) is 0 Å². The quantitative estimate of drug-likeness (QED) is 0.734. The molecule has 6 nitrogen and oxygen atoms in total. The van der Waals surface area contributed by atoms with E-state index in [1.54, 1.807) is 24.3 Å². The van der Waals surface area contributed by atoms with Crippen molar-refractivity contribution >= 4 is 27.6 Å². The highest BCUT2D eigenvalue weighted by Gasteiger charge is 2.12. The molecule has 3 aromatic rings. The first-order chi connectivity index (χ1) is 11.2. The Morgan fingerprint density at radius 3 is 2.91 bits per heavy atom. The Bertz CT molecular complexity index is 1050. The first-order valence-corrected chi connectivity index (χ1v) is 7.67. The Kier molecular flexibility index (Phi) is 3.20. The molecule has 0 saturated heterocycles. The lowest BCUT2D eigenvalue weighted by Crippen LogP contribution is -2.27. The molecule has 0 amide bonds. The minimum atomic E-state index is -0.304.